The molecule has 3 heterocycles. The second kappa shape index (κ2) is 7.96. The van der Waals surface area contributed by atoms with Gasteiger partial charge in [0, 0.05) is 30.4 Å². The average Bonchev–Trinajstić information content (AvgIpc) is 3.36. The molecule has 1 aromatic carbocycles. The van der Waals surface area contributed by atoms with E-state index in [2.05, 4.69) is 10.1 Å². The molecule has 7 heteroatoms. The molecule has 1 saturated heterocycles. The van der Waals surface area contributed by atoms with E-state index in [9.17, 15) is 4.79 Å². The summed E-state index contributed by atoms with van der Waals surface area (Å²) in [5.74, 6) is 1.45. The molecule has 0 radical (unpaired) electrons. The van der Waals surface area contributed by atoms with Crippen LogP contribution in [0.1, 0.15) is 42.5 Å². The van der Waals surface area contributed by atoms with E-state index >= 15 is 0 Å². The van der Waals surface area contributed by atoms with Crippen LogP contribution in [0, 0.1) is 0 Å². The predicted molar refractivity (Wildman–Crippen MR) is 101 cm³/mol. The van der Waals surface area contributed by atoms with Crippen LogP contribution in [-0.2, 0) is 17.8 Å². The Hall–Kier alpha value is -2.60. The fraction of sp³-hybridized carbons (Fsp3) is 0.350. The lowest BCUT2D eigenvalue weighted by atomic mass is 10.0. The van der Waals surface area contributed by atoms with Gasteiger partial charge in [0.05, 0.1) is 6.20 Å². The molecule has 1 amide bonds. The molecule has 0 spiro atoms. The SMILES string of the molecule is O=C(Cn1cccn1)N1CCCC[C@@H]1c1ncc(Cc2ccc(Cl)cc2)o1. The molecule has 1 atom stereocenters. The van der Waals surface area contributed by atoms with Crippen molar-refractivity contribution >= 4 is 17.5 Å². The number of benzene rings is 1. The van der Waals surface area contributed by atoms with Crippen molar-refractivity contribution in [2.45, 2.75) is 38.3 Å². The van der Waals surface area contributed by atoms with Gasteiger partial charge >= 0.3 is 0 Å². The topological polar surface area (TPSA) is 64.2 Å². The Kier molecular flexibility index (Phi) is 5.25. The van der Waals surface area contributed by atoms with Crippen LogP contribution >= 0.6 is 11.6 Å². The Morgan fingerprint density at radius 2 is 2.11 bits per heavy atom. The Morgan fingerprint density at radius 3 is 2.89 bits per heavy atom. The van der Waals surface area contributed by atoms with E-state index in [1.165, 1.54) is 0 Å². The maximum Gasteiger partial charge on any atom is 0.244 e. The van der Waals surface area contributed by atoms with Crippen molar-refractivity contribution in [3.05, 3.63) is 71.2 Å². The summed E-state index contributed by atoms with van der Waals surface area (Å²) in [5, 5.41) is 4.84. The van der Waals surface area contributed by atoms with Gasteiger partial charge in [0.1, 0.15) is 18.3 Å². The smallest absolute Gasteiger partial charge is 0.244 e. The van der Waals surface area contributed by atoms with Crippen molar-refractivity contribution in [1.82, 2.24) is 19.7 Å². The van der Waals surface area contributed by atoms with Gasteiger partial charge in [0.15, 0.2) is 0 Å². The zero-order chi connectivity index (χ0) is 18.6. The van der Waals surface area contributed by atoms with Crippen LogP contribution in [0.4, 0.5) is 0 Å². The van der Waals surface area contributed by atoms with E-state index in [-0.39, 0.29) is 18.5 Å². The highest BCUT2D eigenvalue weighted by molar-refractivity contribution is 6.30. The molecule has 27 heavy (non-hydrogen) atoms. The number of rotatable bonds is 5. The predicted octanol–water partition coefficient (Wildman–Crippen LogP) is 3.87. The van der Waals surface area contributed by atoms with Gasteiger partial charge in [0.25, 0.3) is 0 Å². The molecule has 1 aliphatic rings. The van der Waals surface area contributed by atoms with Gasteiger partial charge in [-0.1, -0.05) is 23.7 Å². The number of carbonyl (C=O) groups excluding carboxylic acids is 1. The molecule has 0 saturated carbocycles. The largest absolute Gasteiger partial charge is 0.443 e. The Balaban J connectivity index is 1.47. The molecule has 0 unspecified atom stereocenters. The first-order chi connectivity index (χ1) is 13.2. The number of piperidine rings is 1. The van der Waals surface area contributed by atoms with Gasteiger partial charge in [-0.15, -0.1) is 0 Å². The zero-order valence-electron chi connectivity index (χ0n) is 14.9. The number of nitrogens with zero attached hydrogens (tertiary/aromatic N) is 4. The van der Waals surface area contributed by atoms with Crippen molar-refractivity contribution in [1.29, 1.82) is 0 Å². The van der Waals surface area contributed by atoms with Crippen molar-refractivity contribution in [2.24, 2.45) is 0 Å². The molecule has 4 rings (SSSR count). The first-order valence-electron chi connectivity index (χ1n) is 9.15. The Bertz CT molecular complexity index is 889. The van der Waals surface area contributed by atoms with Crippen LogP contribution in [0.2, 0.25) is 5.02 Å². The van der Waals surface area contributed by atoms with E-state index in [0.717, 1.165) is 37.1 Å². The molecule has 6 nitrogen and oxygen atoms in total. The fourth-order valence-electron chi connectivity index (χ4n) is 3.47. The van der Waals surface area contributed by atoms with Gasteiger partial charge in [-0.05, 0) is 43.0 Å². The highest BCUT2D eigenvalue weighted by atomic mass is 35.5. The van der Waals surface area contributed by atoms with Crippen LogP contribution in [0.25, 0.3) is 0 Å². The fourth-order valence-corrected chi connectivity index (χ4v) is 3.60. The van der Waals surface area contributed by atoms with Crippen molar-refractivity contribution in [2.75, 3.05) is 6.54 Å². The lowest BCUT2D eigenvalue weighted by molar-refractivity contribution is -0.136. The molecule has 1 aliphatic heterocycles. The van der Waals surface area contributed by atoms with E-state index < -0.39 is 0 Å². The van der Waals surface area contributed by atoms with Crippen LogP contribution in [0.3, 0.4) is 0 Å². The van der Waals surface area contributed by atoms with E-state index in [1.54, 1.807) is 23.3 Å². The third-order valence-corrected chi connectivity index (χ3v) is 5.08. The second-order valence-corrected chi connectivity index (χ2v) is 7.21. The number of likely N-dealkylation sites (tertiary alicyclic amines) is 1. The van der Waals surface area contributed by atoms with Gasteiger partial charge < -0.3 is 9.32 Å². The first-order valence-corrected chi connectivity index (χ1v) is 9.53. The van der Waals surface area contributed by atoms with Gasteiger partial charge in [-0.3, -0.25) is 9.48 Å². The van der Waals surface area contributed by atoms with Crippen molar-refractivity contribution < 1.29 is 9.21 Å². The minimum atomic E-state index is -0.110. The number of carbonyl (C=O) groups is 1. The Labute approximate surface area is 162 Å². The molecule has 1 fully saturated rings. The standard InChI is InChI=1S/C20H21ClN4O2/c21-16-7-5-15(6-8-16)12-17-13-22-20(27-17)18-4-1-2-11-25(18)19(26)14-24-10-3-9-23-24/h3,5-10,13,18H,1-2,4,11-12,14H2/t18-/m1/s1. The number of aromatic nitrogens is 3. The Morgan fingerprint density at radius 1 is 1.26 bits per heavy atom. The minimum Gasteiger partial charge on any atom is -0.443 e. The monoisotopic (exact) mass is 384 g/mol. The normalized spacial score (nSPS) is 17.2. The maximum absolute atomic E-state index is 12.8. The summed E-state index contributed by atoms with van der Waals surface area (Å²) in [6.07, 6.45) is 8.81. The van der Waals surface area contributed by atoms with E-state index in [0.29, 0.717) is 17.3 Å². The van der Waals surface area contributed by atoms with Gasteiger partial charge in [0.2, 0.25) is 11.8 Å². The molecular formula is C20H21ClN4O2. The summed E-state index contributed by atoms with van der Waals surface area (Å²) in [6, 6.07) is 9.39. The van der Waals surface area contributed by atoms with Crippen molar-refractivity contribution in [3.8, 4) is 0 Å². The third-order valence-electron chi connectivity index (χ3n) is 4.83. The zero-order valence-corrected chi connectivity index (χ0v) is 15.7. The minimum absolute atomic E-state index is 0.0425. The molecule has 0 bridgehead atoms. The van der Waals surface area contributed by atoms with Crippen molar-refractivity contribution in [3.63, 3.8) is 0 Å². The average molecular weight is 385 g/mol. The summed E-state index contributed by atoms with van der Waals surface area (Å²) < 4.78 is 7.66. The van der Waals surface area contributed by atoms with E-state index in [1.807, 2.05) is 35.2 Å². The number of hydrogen-bond donors (Lipinski definition) is 0. The summed E-state index contributed by atoms with van der Waals surface area (Å²) in [5.41, 5.74) is 1.11. The van der Waals surface area contributed by atoms with Crippen LogP contribution in [-0.4, -0.2) is 32.1 Å². The molecular weight excluding hydrogens is 364 g/mol. The highest BCUT2D eigenvalue weighted by Gasteiger charge is 2.31. The number of halogens is 1. The summed E-state index contributed by atoms with van der Waals surface area (Å²) in [7, 11) is 0. The lowest BCUT2D eigenvalue weighted by Gasteiger charge is -2.33. The van der Waals surface area contributed by atoms with E-state index in [4.69, 9.17) is 16.0 Å². The lowest BCUT2D eigenvalue weighted by Crippen LogP contribution is -2.40. The van der Waals surface area contributed by atoms with Gasteiger partial charge in [-0.25, -0.2) is 4.98 Å². The number of hydrogen-bond acceptors (Lipinski definition) is 4. The quantitative estimate of drug-likeness (QED) is 0.669. The molecule has 3 aromatic rings. The first kappa shape index (κ1) is 17.8. The van der Waals surface area contributed by atoms with Crippen LogP contribution < -0.4 is 0 Å². The highest BCUT2D eigenvalue weighted by Crippen LogP contribution is 2.31. The summed E-state index contributed by atoms with van der Waals surface area (Å²) in [4.78, 5) is 19.1. The third kappa shape index (κ3) is 4.22. The van der Waals surface area contributed by atoms with Crippen LogP contribution in [0.5, 0.6) is 0 Å². The maximum atomic E-state index is 12.8. The summed E-state index contributed by atoms with van der Waals surface area (Å²) in [6.45, 7) is 0.960. The molecule has 0 aliphatic carbocycles. The summed E-state index contributed by atoms with van der Waals surface area (Å²) >= 11 is 5.94. The number of oxazole rings is 1. The van der Waals surface area contributed by atoms with Crippen LogP contribution in [0.15, 0.2) is 53.3 Å². The molecule has 140 valence electrons. The second-order valence-electron chi connectivity index (χ2n) is 6.77. The molecule has 2 aromatic heterocycles. The number of amides is 1. The molecule has 0 N–H and O–H groups in total. The van der Waals surface area contributed by atoms with Gasteiger partial charge in [-0.2, -0.15) is 5.10 Å².